The Balaban J connectivity index is 1.71. The third kappa shape index (κ3) is 2.78. The van der Waals surface area contributed by atoms with Crippen LogP contribution in [0.1, 0.15) is 5.76 Å². The summed E-state index contributed by atoms with van der Waals surface area (Å²) in [6.45, 7) is 3.00. The highest BCUT2D eigenvalue weighted by molar-refractivity contribution is 5.81. The third-order valence-corrected chi connectivity index (χ3v) is 3.97. The molecule has 1 fully saturated rings. The molecule has 0 bridgehead atoms. The molecular weight excluding hydrogens is 294 g/mol. The summed E-state index contributed by atoms with van der Waals surface area (Å²) in [5.74, 6) is 2.14. The molecule has 0 saturated carbocycles. The van der Waals surface area contributed by atoms with Gasteiger partial charge in [0.1, 0.15) is 23.9 Å². The van der Waals surface area contributed by atoms with Crippen molar-refractivity contribution in [3.8, 4) is 11.3 Å². The Morgan fingerprint density at radius 3 is 2.74 bits per heavy atom. The van der Waals surface area contributed by atoms with Gasteiger partial charge < -0.3 is 19.2 Å². The van der Waals surface area contributed by atoms with Gasteiger partial charge in [-0.1, -0.05) is 0 Å². The minimum atomic E-state index is -0.103. The predicted molar refractivity (Wildman–Crippen MR) is 86.2 cm³/mol. The maximum absolute atomic E-state index is 9.12. The summed E-state index contributed by atoms with van der Waals surface area (Å²) in [7, 11) is 0. The molecular formula is C17H17N3O3. The van der Waals surface area contributed by atoms with E-state index in [1.807, 2.05) is 30.5 Å². The van der Waals surface area contributed by atoms with E-state index in [9.17, 15) is 0 Å². The van der Waals surface area contributed by atoms with E-state index < -0.39 is 0 Å². The quantitative estimate of drug-likeness (QED) is 0.799. The van der Waals surface area contributed by atoms with Crippen LogP contribution in [-0.4, -0.2) is 41.4 Å². The van der Waals surface area contributed by atoms with Gasteiger partial charge in [0, 0.05) is 18.7 Å². The Morgan fingerprint density at radius 1 is 1.09 bits per heavy atom. The van der Waals surface area contributed by atoms with Crippen LogP contribution >= 0.6 is 0 Å². The number of nitrogens with zero attached hydrogens (tertiary/aromatic N) is 3. The normalized spacial score (nSPS) is 15.3. The second-order valence-corrected chi connectivity index (χ2v) is 5.46. The molecule has 1 aliphatic heterocycles. The van der Waals surface area contributed by atoms with Gasteiger partial charge in [-0.3, -0.25) is 4.98 Å². The molecule has 0 amide bonds. The van der Waals surface area contributed by atoms with Crippen LogP contribution in [0.25, 0.3) is 22.4 Å². The first-order valence-corrected chi connectivity index (χ1v) is 7.63. The molecule has 1 aliphatic rings. The molecule has 0 unspecified atom stereocenters. The minimum Gasteiger partial charge on any atom is -0.459 e. The molecule has 6 heteroatoms. The van der Waals surface area contributed by atoms with Crippen LogP contribution in [-0.2, 0) is 11.3 Å². The van der Waals surface area contributed by atoms with Crippen molar-refractivity contribution in [3.63, 3.8) is 0 Å². The second-order valence-electron chi connectivity index (χ2n) is 5.46. The monoisotopic (exact) mass is 311 g/mol. The van der Waals surface area contributed by atoms with Gasteiger partial charge in [0.05, 0.1) is 30.4 Å². The maximum Gasteiger partial charge on any atom is 0.148 e. The Bertz CT molecular complexity index is 825. The smallest absolute Gasteiger partial charge is 0.148 e. The largest absolute Gasteiger partial charge is 0.459 e. The number of fused-ring (bicyclic) bond motifs is 1. The van der Waals surface area contributed by atoms with Crippen LogP contribution in [0.3, 0.4) is 0 Å². The SMILES string of the molecule is OCc1ccc(-c2ccc3ncc(N4CCOCC4)nc3c2)o1. The third-order valence-electron chi connectivity index (χ3n) is 3.97. The van der Waals surface area contributed by atoms with E-state index in [4.69, 9.17) is 19.2 Å². The van der Waals surface area contributed by atoms with Crippen LogP contribution in [0.2, 0.25) is 0 Å². The zero-order chi connectivity index (χ0) is 15.6. The highest BCUT2D eigenvalue weighted by Crippen LogP contribution is 2.26. The number of morpholine rings is 1. The first-order chi connectivity index (χ1) is 11.3. The number of hydrogen-bond donors (Lipinski definition) is 1. The van der Waals surface area contributed by atoms with Crippen molar-refractivity contribution in [2.24, 2.45) is 0 Å². The lowest BCUT2D eigenvalue weighted by atomic mass is 10.1. The van der Waals surface area contributed by atoms with Gasteiger partial charge in [-0.2, -0.15) is 0 Å². The van der Waals surface area contributed by atoms with Gasteiger partial charge in [-0.25, -0.2) is 4.98 Å². The van der Waals surface area contributed by atoms with Crippen molar-refractivity contribution in [1.82, 2.24) is 9.97 Å². The summed E-state index contributed by atoms with van der Waals surface area (Å²) < 4.78 is 11.0. The van der Waals surface area contributed by atoms with Gasteiger partial charge in [0.2, 0.25) is 0 Å². The number of aliphatic hydroxyl groups excluding tert-OH is 1. The van der Waals surface area contributed by atoms with E-state index in [0.717, 1.165) is 54.5 Å². The lowest BCUT2D eigenvalue weighted by Crippen LogP contribution is -2.36. The van der Waals surface area contributed by atoms with Crippen LogP contribution in [0, 0.1) is 0 Å². The number of anilines is 1. The van der Waals surface area contributed by atoms with E-state index in [2.05, 4.69) is 9.88 Å². The average Bonchev–Trinajstić information content (AvgIpc) is 3.11. The zero-order valence-corrected chi connectivity index (χ0v) is 12.6. The summed E-state index contributed by atoms with van der Waals surface area (Å²) in [5.41, 5.74) is 2.60. The fourth-order valence-electron chi connectivity index (χ4n) is 2.72. The van der Waals surface area contributed by atoms with Crippen LogP contribution in [0.4, 0.5) is 5.82 Å². The van der Waals surface area contributed by atoms with Crippen molar-refractivity contribution in [2.75, 3.05) is 31.2 Å². The van der Waals surface area contributed by atoms with Crippen molar-refractivity contribution in [2.45, 2.75) is 6.61 Å². The molecule has 2 aromatic heterocycles. The number of aliphatic hydroxyl groups is 1. The molecule has 1 aromatic carbocycles. The number of benzene rings is 1. The molecule has 1 saturated heterocycles. The summed E-state index contributed by atoms with van der Waals surface area (Å²) in [6, 6.07) is 9.47. The van der Waals surface area contributed by atoms with Crippen LogP contribution < -0.4 is 4.90 Å². The van der Waals surface area contributed by atoms with Gasteiger partial charge in [0.25, 0.3) is 0 Å². The first kappa shape index (κ1) is 14.2. The number of aromatic nitrogens is 2. The number of furan rings is 1. The molecule has 6 nitrogen and oxygen atoms in total. The fraction of sp³-hybridized carbons (Fsp3) is 0.294. The molecule has 4 rings (SSSR count). The van der Waals surface area contributed by atoms with Crippen molar-refractivity contribution >= 4 is 16.9 Å². The molecule has 0 radical (unpaired) electrons. The highest BCUT2D eigenvalue weighted by atomic mass is 16.5. The molecule has 0 atom stereocenters. The Kier molecular flexibility index (Phi) is 3.69. The number of rotatable bonds is 3. The Labute approximate surface area is 133 Å². The highest BCUT2D eigenvalue weighted by Gasteiger charge is 2.14. The van der Waals surface area contributed by atoms with E-state index >= 15 is 0 Å². The Morgan fingerprint density at radius 2 is 1.96 bits per heavy atom. The average molecular weight is 311 g/mol. The lowest BCUT2D eigenvalue weighted by molar-refractivity contribution is 0.122. The van der Waals surface area contributed by atoms with Gasteiger partial charge in [0.15, 0.2) is 0 Å². The summed E-state index contributed by atoms with van der Waals surface area (Å²) >= 11 is 0. The predicted octanol–water partition coefficient (Wildman–Crippen LogP) is 2.22. The molecule has 1 N–H and O–H groups in total. The molecule has 118 valence electrons. The number of ether oxygens (including phenoxy) is 1. The fourth-order valence-corrected chi connectivity index (χ4v) is 2.72. The van der Waals surface area contributed by atoms with Crippen molar-refractivity contribution < 1.29 is 14.3 Å². The first-order valence-electron chi connectivity index (χ1n) is 7.63. The van der Waals surface area contributed by atoms with E-state index in [-0.39, 0.29) is 6.61 Å². The molecule has 0 spiro atoms. The standard InChI is InChI=1S/C17H17N3O3/c21-11-13-2-4-16(23-13)12-1-3-14-15(9-12)19-17(10-18-14)20-5-7-22-8-6-20/h1-4,9-10,21H,5-8,11H2. The lowest BCUT2D eigenvalue weighted by Gasteiger charge is -2.27. The van der Waals surface area contributed by atoms with Crippen molar-refractivity contribution in [3.05, 3.63) is 42.3 Å². The summed E-state index contributed by atoms with van der Waals surface area (Å²) in [5, 5.41) is 9.12. The summed E-state index contributed by atoms with van der Waals surface area (Å²) in [6.07, 6.45) is 1.81. The van der Waals surface area contributed by atoms with E-state index in [0.29, 0.717) is 5.76 Å². The van der Waals surface area contributed by atoms with E-state index in [1.165, 1.54) is 0 Å². The molecule has 0 aliphatic carbocycles. The zero-order valence-electron chi connectivity index (χ0n) is 12.6. The van der Waals surface area contributed by atoms with Crippen LogP contribution in [0.5, 0.6) is 0 Å². The molecule has 3 heterocycles. The number of hydrogen-bond acceptors (Lipinski definition) is 6. The van der Waals surface area contributed by atoms with Gasteiger partial charge in [-0.05, 0) is 30.3 Å². The molecule has 3 aromatic rings. The van der Waals surface area contributed by atoms with Gasteiger partial charge in [-0.15, -0.1) is 0 Å². The van der Waals surface area contributed by atoms with Gasteiger partial charge >= 0.3 is 0 Å². The van der Waals surface area contributed by atoms with E-state index in [1.54, 1.807) is 6.07 Å². The summed E-state index contributed by atoms with van der Waals surface area (Å²) in [4.78, 5) is 11.4. The topological polar surface area (TPSA) is 71.6 Å². The Hall–Kier alpha value is -2.44. The van der Waals surface area contributed by atoms with Crippen LogP contribution in [0.15, 0.2) is 40.9 Å². The maximum atomic E-state index is 9.12. The molecule has 23 heavy (non-hydrogen) atoms. The minimum absolute atomic E-state index is 0.103. The second kappa shape index (κ2) is 5.98. The van der Waals surface area contributed by atoms with Crippen molar-refractivity contribution in [1.29, 1.82) is 0 Å².